The molecule has 5 nitrogen and oxygen atoms in total. The fraction of sp³-hybridized carbons (Fsp3) is 0.412. The van der Waals surface area contributed by atoms with Gasteiger partial charge in [-0.2, -0.15) is 4.31 Å². The topological polar surface area (TPSA) is 66.6 Å². The van der Waals surface area contributed by atoms with Crippen molar-refractivity contribution in [3.05, 3.63) is 46.7 Å². The van der Waals surface area contributed by atoms with E-state index in [1.54, 1.807) is 39.9 Å². The largest absolute Gasteiger partial charge is 0.399 e. The molecule has 2 heterocycles. The highest BCUT2D eigenvalue weighted by molar-refractivity contribution is 7.89. The predicted octanol–water partition coefficient (Wildman–Crippen LogP) is 2.62. The van der Waals surface area contributed by atoms with Crippen molar-refractivity contribution in [2.75, 3.05) is 25.9 Å². The Balaban J connectivity index is 1.92. The summed E-state index contributed by atoms with van der Waals surface area (Å²) in [5, 5.41) is 1.98. The van der Waals surface area contributed by atoms with Gasteiger partial charge in [-0.3, -0.25) is 0 Å². The molecule has 1 aliphatic heterocycles. The molecular weight excluding hydrogens is 342 g/mol. The molecular formula is C17H23N3O2S2. The lowest BCUT2D eigenvalue weighted by atomic mass is 10.1. The maximum atomic E-state index is 13.2. The van der Waals surface area contributed by atoms with E-state index in [1.807, 2.05) is 17.5 Å². The molecule has 1 aromatic heterocycles. The highest BCUT2D eigenvalue weighted by Gasteiger charge is 2.33. The number of thiophene rings is 1. The number of anilines is 1. The zero-order chi connectivity index (χ0) is 17.2. The molecule has 1 fully saturated rings. The van der Waals surface area contributed by atoms with E-state index >= 15 is 0 Å². The Morgan fingerprint density at radius 2 is 1.88 bits per heavy atom. The van der Waals surface area contributed by atoms with Crippen molar-refractivity contribution in [2.24, 2.45) is 0 Å². The van der Waals surface area contributed by atoms with Gasteiger partial charge in [0.1, 0.15) is 0 Å². The highest BCUT2D eigenvalue weighted by atomic mass is 32.2. The van der Waals surface area contributed by atoms with Crippen LogP contribution in [0.4, 0.5) is 5.69 Å². The number of sulfonamides is 1. The van der Waals surface area contributed by atoms with Crippen LogP contribution in [0.5, 0.6) is 0 Å². The molecule has 0 atom stereocenters. The first-order chi connectivity index (χ1) is 11.5. The number of likely N-dealkylation sites (tertiary alicyclic amines) is 1. The minimum absolute atomic E-state index is 0.0332. The minimum atomic E-state index is -3.55. The SMILES string of the molecule is CN1CCC(N(Cc2cccs2)S(=O)(=O)c2ccc(N)cc2)CC1. The first-order valence-corrected chi connectivity index (χ1v) is 10.4. The quantitative estimate of drug-likeness (QED) is 0.827. The van der Waals surface area contributed by atoms with Gasteiger partial charge >= 0.3 is 0 Å². The number of hydrogen-bond donors (Lipinski definition) is 1. The van der Waals surface area contributed by atoms with E-state index in [1.165, 1.54) is 0 Å². The summed E-state index contributed by atoms with van der Waals surface area (Å²) in [6, 6.07) is 10.5. The lowest BCUT2D eigenvalue weighted by Gasteiger charge is -2.36. The van der Waals surface area contributed by atoms with Crippen LogP contribution in [-0.4, -0.2) is 43.8 Å². The molecule has 2 aromatic rings. The summed E-state index contributed by atoms with van der Waals surface area (Å²) < 4.78 is 28.1. The smallest absolute Gasteiger partial charge is 0.243 e. The fourth-order valence-corrected chi connectivity index (χ4v) is 5.47. The number of nitrogens with two attached hydrogens (primary N) is 1. The van der Waals surface area contributed by atoms with Crippen molar-refractivity contribution in [1.82, 2.24) is 9.21 Å². The molecule has 0 amide bonds. The van der Waals surface area contributed by atoms with Crippen LogP contribution in [0.25, 0.3) is 0 Å². The van der Waals surface area contributed by atoms with Crippen molar-refractivity contribution in [2.45, 2.75) is 30.3 Å². The highest BCUT2D eigenvalue weighted by Crippen LogP contribution is 2.27. The van der Waals surface area contributed by atoms with E-state index in [9.17, 15) is 8.42 Å². The zero-order valence-electron chi connectivity index (χ0n) is 13.8. The van der Waals surface area contributed by atoms with Crippen molar-refractivity contribution in [3.63, 3.8) is 0 Å². The van der Waals surface area contributed by atoms with Gasteiger partial charge in [-0.25, -0.2) is 8.42 Å². The molecule has 24 heavy (non-hydrogen) atoms. The van der Waals surface area contributed by atoms with Crippen molar-refractivity contribution < 1.29 is 8.42 Å². The summed E-state index contributed by atoms with van der Waals surface area (Å²) in [6.45, 7) is 2.27. The number of benzene rings is 1. The lowest BCUT2D eigenvalue weighted by molar-refractivity contribution is 0.180. The van der Waals surface area contributed by atoms with Gasteiger partial charge in [0, 0.05) is 23.2 Å². The summed E-state index contributed by atoms with van der Waals surface area (Å²) in [5.74, 6) is 0. The summed E-state index contributed by atoms with van der Waals surface area (Å²) >= 11 is 1.59. The summed E-state index contributed by atoms with van der Waals surface area (Å²) in [7, 11) is -1.47. The monoisotopic (exact) mass is 365 g/mol. The van der Waals surface area contributed by atoms with E-state index < -0.39 is 10.0 Å². The number of nitrogens with zero attached hydrogens (tertiary/aromatic N) is 2. The summed E-state index contributed by atoms with van der Waals surface area (Å²) in [6.07, 6.45) is 1.71. The van der Waals surface area contributed by atoms with E-state index in [4.69, 9.17) is 5.73 Å². The maximum absolute atomic E-state index is 13.2. The van der Waals surface area contributed by atoms with Crippen LogP contribution in [0.1, 0.15) is 17.7 Å². The van der Waals surface area contributed by atoms with Gasteiger partial charge in [0.2, 0.25) is 10.0 Å². The molecule has 1 saturated heterocycles. The number of rotatable bonds is 5. The van der Waals surface area contributed by atoms with Crippen LogP contribution in [0, 0.1) is 0 Å². The first-order valence-electron chi connectivity index (χ1n) is 8.05. The molecule has 0 aliphatic carbocycles. The summed E-state index contributed by atoms with van der Waals surface area (Å²) in [4.78, 5) is 3.62. The Morgan fingerprint density at radius 1 is 1.21 bits per heavy atom. The Morgan fingerprint density at radius 3 is 2.46 bits per heavy atom. The predicted molar refractivity (Wildman–Crippen MR) is 98.4 cm³/mol. The first kappa shape index (κ1) is 17.4. The molecule has 2 N–H and O–H groups in total. The van der Waals surface area contributed by atoms with Crippen LogP contribution >= 0.6 is 11.3 Å². The number of nitrogen functional groups attached to an aromatic ring is 1. The average molecular weight is 366 g/mol. The standard InChI is InChI=1S/C17H23N3O2S2/c1-19-10-8-15(9-11-19)20(13-16-3-2-12-23-16)24(21,22)17-6-4-14(18)5-7-17/h2-7,12,15H,8-11,13,18H2,1H3. The fourth-order valence-electron chi connectivity index (χ4n) is 3.02. The average Bonchev–Trinajstić information content (AvgIpc) is 3.07. The van der Waals surface area contributed by atoms with Gasteiger partial charge < -0.3 is 10.6 Å². The van der Waals surface area contributed by atoms with E-state index in [-0.39, 0.29) is 6.04 Å². The molecule has 7 heteroatoms. The van der Waals surface area contributed by atoms with Gasteiger partial charge in [0.25, 0.3) is 0 Å². The van der Waals surface area contributed by atoms with Gasteiger partial charge in [0.05, 0.1) is 4.90 Å². The van der Waals surface area contributed by atoms with E-state index in [2.05, 4.69) is 11.9 Å². The molecule has 3 rings (SSSR count). The molecule has 1 aromatic carbocycles. The van der Waals surface area contributed by atoms with E-state index in [0.717, 1.165) is 30.8 Å². The van der Waals surface area contributed by atoms with Crippen molar-refractivity contribution in [1.29, 1.82) is 0 Å². The molecule has 0 unspecified atom stereocenters. The molecule has 0 saturated carbocycles. The Labute approximate surface area is 147 Å². The van der Waals surface area contributed by atoms with Crippen LogP contribution in [0.3, 0.4) is 0 Å². The van der Waals surface area contributed by atoms with Gasteiger partial charge in [-0.1, -0.05) is 6.07 Å². The Bertz CT molecular complexity index is 750. The molecule has 130 valence electrons. The number of piperidine rings is 1. The normalized spacial score (nSPS) is 17.4. The van der Waals surface area contributed by atoms with Gasteiger partial charge in [-0.15, -0.1) is 11.3 Å². The third kappa shape index (κ3) is 3.80. The maximum Gasteiger partial charge on any atom is 0.243 e. The van der Waals surface area contributed by atoms with Gasteiger partial charge in [0.15, 0.2) is 0 Å². The van der Waals surface area contributed by atoms with Crippen molar-refractivity contribution in [3.8, 4) is 0 Å². The minimum Gasteiger partial charge on any atom is -0.399 e. The van der Waals surface area contributed by atoms with Gasteiger partial charge in [-0.05, 0) is 68.7 Å². The lowest BCUT2D eigenvalue weighted by Crippen LogP contribution is -2.45. The molecule has 0 radical (unpaired) electrons. The van der Waals surface area contributed by atoms with Crippen LogP contribution in [0.15, 0.2) is 46.7 Å². The zero-order valence-corrected chi connectivity index (χ0v) is 15.4. The second-order valence-electron chi connectivity index (χ2n) is 6.23. The third-order valence-corrected chi connectivity index (χ3v) is 7.25. The molecule has 0 spiro atoms. The summed E-state index contributed by atoms with van der Waals surface area (Å²) in [5.41, 5.74) is 6.27. The molecule has 0 bridgehead atoms. The second-order valence-corrected chi connectivity index (χ2v) is 9.16. The Kier molecular flexibility index (Phi) is 5.24. The van der Waals surface area contributed by atoms with Crippen molar-refractivity contribution >= 4 is 27.0 Å². The van der Waals surface area contributed by atoms with Crippen LogP contribution in [0.2, 0.25) is 0 Å². The van der Waals surface area contributed by atoms with Crippen LogP contribution < -0.4 is 5.73 Å². The second kappa shape index (κ2) is 7.23. The molecule has 1 aliphatic rings. The Hall–Kier alpha value is -1.41. The van der Waals surface area contributed by atoms with Crippen LogP contribution in [-0.2, 0) is 16.6 Å². The number of hydrogen-bond acceptors (Lipinski definition) is 5. The van der Waals surface area contributed by atoms with E-state index in [0.29, 0.717) is 17.1 Å². The third-order valence-electron chi connectivity index (χ3n) is 4.47.